The van der Waals surface area contributed by atoms with Crippen molar-refractivity contribution in [2.75, 3.05) is 0 Å². The summed E-state index contributed by atoms with van der Waals surface area (Å²) in [6.45, 7) is 13.0. The van der Waals surface area contributed by atoms with Gasteiger partial charge in [0, 0.05) is 0 Å². The van der Waals surface area contributed by atoms with Gasteiger partial charge in [0.25, 0.3) is 0 Å². The Balaban J connectivity index is 1.93. The van der Waals surface area contributed by atoms with Crippen LogP contribution >= 0.6 is 0 Å². The van der Waals surface area contributed by atoms with Crippen molar-refractivity contribution in [3.8, 4) is 0 Å². The summed E-state index contributed by atoms with van der Waals surface area (Å²) in [6.07, 6.45) is 2.45. The molecular formula is C14H25BO2. The lowest BCUT2D eigenvalue weighted by molar-refractivity contribution is 0.00578. The third kappa shape index (κ3) is 2.46. The summed E-state index contributed by atoms with van der Waals surface area (Å²) in [7, 11) is -0.150. The number of hydrogen-bond donors (Lipinski definition) is 0. The van der Waals surface area contributed by atoms with Crippen molar-refractivity contribution in [2.24, 2.45) is 11.8 Å². The molecule has 0 bridgehead atoms. The van der Waals surface area contributed by atoms with Crippen LogP contribution in [0.3, 0.4) is 0 Å². The van der Waals surface area contributed by atoms with Crippen LogP contribution in [0.2, 0.25) is 0 Å². The molecule has 0 N–H and O–H groups in total. The average molecular weight is 236 g/mol. The first-order valence-electron chi connectivity index (χ1n) is 6.76. The van der Waals surface area contributed by atoms with Gasteiger partial charge in [-0.3, -0.25) is 0 Å². The van der Waals surface area contributed by atoms with Crippen molar-refractivity contribution in [1.29, 1.82) is 0 Å². The molecule has 1 saturated carbocycles. The largest absolute Gasteiger partial charge is 0.487 e. The van der Waals surface area contributed by atoms with E-state index in [2.05, 4.69) is 47.5 Å². The maximum Gasteiger partial charge on any atom is 0.487 e. The Morgan fingerprint density at radius 2 is 1.59 bits per heavy atom. The molecule has 1 heterocycles. The molecule has 2 fully saturated rings. The second-order valence-electron chi connectivity index (χ2n) is 6.86. The van der Waals surface area contributed by atoms with Crippen LogP contribution in [-0.2, 0) is 9.31 Å². The van der Waals surface area contributed by atoms with Gasteiger partial charge in [-0.15, -0.1) is 0 Å². The summed E-state index contributed by atoms with van der Waals surface area (Å²) in [4.78, 5) is 0. The molecule has 0 amide bonds. The highest BCUT2D eigenvalue weighted by Gasteiger charge is 2.50. The van der Waals surface area contributed by atoms with Crippen molar-refractivity contribution in [2.45, 2.75) is 65.6 Å². The van der Waals surface area contributed by atoms with E-state index in [1.165, 1.54) is 18.4 Å². The monoisotopic (exact) mass is 236 g/mol. The lowest BCUT2D eigenvalue weighted by Crippen LogP contribution is -2.41. The molecule has 2 aliphatic rings. The molecule has 17 heavy (non-hydrogen) atoms. The Morgan fingerprint density at radius 1 is 1.12 bits per heavy atom. The SMILES string of the molecule is CC(C)C1CC(=CB2OC(C)(C)C(C)(C)O2)C1. The third-order valence-corrected chi connectivity index (χ3v) is 4.63. The summed E-state index contributed by atoms with van der Waals surface area (Å²) in [5.74, 6) is 3.85. The van der Waals surface area contributed by atoms with Gasteiger partial charge in [-0.05, 0) is 52.4 Å². The minimum Gasteiger partial charge on any atom is -0.400 e. The van der Waals surface area contributed by atoms with Crippen molar-refractivity contribution in [1.82, 2.24) is 0 Å². The van der Waals surface area contributed by atoms with Crippen molar-refractivity contribution < 1.29 is 9.31 Å². The van der Waals surface area contributed by atoms with E-state index in [1.54, 1.807) is 0 Å². The van der Waals surface area contributed by atoms with Gasteiger partial charge in [-0.2, -0.15) is 0 Å². The summed E-state index contributed by atoms with van der Waals surface area (Å²) in [5.41, 5.74) is 1.08. The van der Waals surface area contributed by atoms with Crippen LogP contribution < -0.4 is 0 Å². The van der Waals surface area contributed by atoms with Gasteiger partial charge in [-0.1, -0.05) is 25.4 Å². The van der Waals surface area contributed by atoms with Crippen LogP contribution in [0.4, 0.5) is 0 Å². The highest BCUT2D eigenvalue weighted by molar-refractivity contribution is 6.51. The first-order chi connectivity index (χ1) is 7.71. The maximum absolute atomic E-state index is 5.97. The summed E-state index contributed by atoms with van der Waals surface area (Å²) >= 11 is 0. The van der Waals surface area contributed by atoms with E-state index in [0.29, 0.717) is 0 Å². The zero-order valence-electron chi connectivity index (χ0n) is 12.0. The first-order valence-corrected chi connectivity index (χ1v) is 6.76. The van der Waals surface area contributed by atoms with Crippen molar-refractivity contribution in [3.05, 3.63) is 11.5 Å². The minimum atomic E-state index is -0.212. The Morgan fingerprint density at radius 3 is 2.00 bits per heavy atom. The lowest BCUT2D eigenvalue weighted by Gasteiger charge is -2.33. The van der Waals surface area contributed by atoms with Gasteiger partial charge >= 0.3 is 7.12 Å². The first kappa shape index (κ1) is 13.2. The predicted octanol–water partition coefficient (Wildman–Crippen LogP) is 3.61. The summed E-state index contributed by atoms with van der Waals surface area (Å²) in [5, 5.41) is 0. The highest BCUT2D eigenvalue weighted by Crippen LogP contribution is 2.41. The molecule has 2 nitrogen and oxygen atoms in total. The van der Waals surface area contributed by atoms with Crippen LogP contribution in [0.5, 0.6) is 0 Å². The van der Waals surface area contributed by atoms with E-state index in [-0.39, 0.29) is 18.3 Å². The van der Waals surface area contributed by atoms with Crippen LogP contribution in [-0.4, -0.2) is 18.3 Å². The van der Waals surface area contributed by atoms with Crippen LogP contribution in [0, 0.1) is 11.8 Å². The second-order valence-corrected chi connectivity index (χ2v) is 6.86. The van der Waals surface area contributed by atoms with Gasteiger partial charge < -0.3 is 9.31 Å². The molecule has 0 aromatic rings. The number of hydrogen-bond acceptors (Lipinski definition) is 2. The molecule has 1 aliphatic heterocycles. The molecule has 3 heteroatoms. The lowest BCUT2D eigenvalue weighted by atomic mass is 9.69. The van der Waals surface area contributed by atoms with Gasteiger partial charge in [0.1, 0.15) is 0 Å². The normalized spacial score (nSPS) is 30.6. The van der Waals surface area contributed by atoms with Gasteiger partial charge in [0.2, 0.25) is 0 Å². The van der Waals surface area contributed by atoms with E-state index in [1.807, 2.05) is 0 Å². The Hall–Kier alpha value is -0.275. The van der Waals surface area contributed by atoms with E-state index >= 15 is 0 Å². The number of allylic oxidation sites excluding steroid dienone is 1. The van der Waals surface area contributed by atoms with Crippen LogP contribution in [0.1, 0.15) is 54.4 Å². The zero-order valence-corrected chi connectivity index (χ0v) is 12.0. The van der Waals surface area contributed by atoms with E-state index in [9.17, 15) is 0 Å². The van der Waals surface area contributed by atoms with Crippen LogP contribution in [0.15, 0.2) is 11.5 Å². The molecule has 0 spiro atoms. The molecule has 0 unspecified atom stereocenters. The van der Waals surface area contributed by atoms with E-state index in [0.717, 1.165) is 11.8 Å². The fourth-order valence-electron chi connectivity index (χ4n) is 2.37. The third-order valence-electron chi connectivity index (χ3n) is 4.63. The van der Waals surface area contributed by atoms with E-state index in [4.69, 9.17) is 9.31 Å². The fraction of sp³-hybridized carbons (Fsp3) is 0.857. The Labute approximate surface area is 106 Å². The second kappa shape index (κ2) is 4.13. The molecule has 0 radical (unpaired) electrons. The molecule has 2 rings (SSSR count). The van der Waals surface area contributed by atoms with E-state index < -0.39 is 0 Å². The molecule has 1 aliphatic carbocycles. The summed E-state index contributed by atoms with van der Waals surface area (Å²) < 4.78 is 11.9. The molecule has 0 aromatic carbocycles. The minimum absolute atomic E-state index is 0.150. The molecule has 0 aromatic heterocycles. The highest BCUT2D eigenvalue weighted by atomic mass is 16.7. The molecule has 96 valence electrons. The van der Waals surface area contributed by atoms with Gasteiger partial charge in [-0.25, -0.2) is 0 Å². The van der Waals surface area contributed by atoms with Gasteiger partial charge in [0.15, 0.2) is 0 Å². The topological polar surface area (TPSA) is 18.5 Å². The smallest absolute Gasteiger partial charge is 0.400 e. The molecule has 0 atom stereocenters. The average Bonchev–Trinajstić information content (AvgIpc) is 2.26. The standard InChI is InChI=1S/C14H25BO2/c1-10(2)12-7-11(8-12)9-15-16-13(3,4)14(5,6)17-15/h9-10,12H,7-8H2,1-6H3. The van der Waals surface area contributed by atoms with Crippen molar-refractivity contribution in [3.63, 3.8) is 0 Å². The molecular weight excluding hydrogens is 211 g/mol. The van der Waals surface area contributed by atoms with Crippen molar-refractivity contribution >= 4 is 7.12 Å². The predicted molar refractivity (Wildman–Crippen MR) is 71.7 cm³/mol. The summed E-state index contributed by atoms with van der Waals surface area (Å²) in [6, 6.07) is 0. The fourth-order valence-corrected chi connectivity index (χ4v) is 2.37. The Bertz CT molecular complexity index is 307. The Kier molecular flexibility index (Phi) is 3.20. The zero-order chi connectivity index (χ0) is 12.8. The number of rotatable bonds is 2. The maximum atomic E-state index is 5.97. The van der Waals surface area contributed by atoms with Gasteiger partial charge in [0.05, 0.1) is 11.2 Å². The van der Waals surface area contributed by atoms with Crippen LogP contribution in [0.25, 0.3) is 0 Å². The molecule has 1 saturated heterocycles. The quantitative estimate of drug-likeness (QED) is 0.682.